The highest BCUT2D eigenvalue weighted by Gasteiger charge is 2.46. The van der Waals surface area contributed by atoms with E-state index >= 15 is 0 Å². The Balaban J connectivity index is 0.951. The van der Waals surface area contributed by atoms with Crippen LogP contribution in [0.5, 0.6) is 23.0 Å². The van der Waals surface area contributed by atoms with Crippen molar-refractivity contribution in [1.82, 2.24) is 0 Å². The first-order chi connectivity index (χ1) is 28.8. The van der Waals surface area contributed by atoms with Gasteiger partial charge in [-0.2, -0.15) is 0 Å². The summed E-state index contributed by atoms with van der Waals surface area (Å²) in [5.74, 6) is 3.20. The van der Waals surface area contributed by atoms with Crippen molar-refractivity contribution in [3.05, 3.63) is 235 Å². The Morgan fingerprint density at radius 2 is 0.810 bits per heavy atom. The van der Waals surface area contributed by atoms with E-state index in [4.69, 9.17) is 9.47 Å². The number of hydrogen-bond acceptors (Lipinski definition) is 3. The van der Waals surface area contributed by atoms with E-state index in [2.05, 4.69) is 181 Å². The van der Waals surface area contributed by atoms with E-state index in [-0.39, 0.29) is 0 Å². The molecule has 1 aliphatic carbocycles. The Morgan fingerprint density at radius 3 is 1.53 bits per heavy atom. The zero-order chi connectivity index (χ0) is 38.2. The minimum absolute atomic E-state index is 0.433. The lowest BCUT2D eigenvalue weighted by Crippen LogP contribution is -2.28. The summed E-state index contributed by atoms with van der Waals surface area (Å²) in [5.41, 5.74) is 17.2. The van der Waals surface area contributed by atoms with Crippen molar-refractivity contribution in [3.8, 4) is 67.5 Å². The van der Waals surface area contributed by atoms with E-state index in [0.29, 0.717) is 0 Å². The lowest BCUT2D eigenvalue weighted by Gasteiger charge is -2.37. The molecule has 0 radical (unpaired) electrons. The number of fused-ring (bicyclic) bond motifs is 7. The molecule has 0 aromatic heterocycles. The minimum atomic E-state index is -0.433. The second-order valence-corrected chi connectivity index (χ2v) is 15.2. The zero-order valence-electron chi connectivity index (χ0n) is 31.5. The molecule has 3 nitrogen and oxygen atoms in total. The Morgan fingerprint density at radius 1 is 0.328 bits per heavy atom. The van der Waals surface area contributed by atoms with Gasteiger partial charge >= 0.3 is 0 Å². The van der Waals surface area contributed by atoms with Gasteiger partial charge in [0, 0.05) is 0 Å². The third-order valence-corrected chi connectivity index (χ3v) is 12.2. The number of benzene rings is 9. The van der Waals surface area contributed by atoms with Gasteiger partial charge < -0.3 is 9.47 Å². The molecule has 3 heteroatoms. The normalized spacial score (nSPS) is 13.6. The van der Waals surface area contributed by atoms with E-state index < -0.39 is 5.41 Å². The number of anilines is 3. The van der Waals surface area contributed by atoms with Crippen LogP contribution in [0.15, 0.2) is 212 Å². The van der Waals surface area contributed by atoms with Crippen molar-refractivity contribution in [2.24, 2.45) is 0 Å². The molecule has 0 fully saturated rings. The first kappa shape index (κ1) is 32.6. The quantitative estimate of drug-likeness (QED) is 0.175. The molecule has 0 saturated heterocycles. The maximum atomic E-state index is 6.62. The number of nitrogens with zero attached hydrogens (tertiary/aromatic N) is 1. The van der Waals surface area contributed by atoms with E-state index in [0.717, 1.165) is 56.8 Å². The van der Waals surface area contributed by atoms with Crippen LogP contribution in [0.4, 0.5) is 17.1 Å². The molecule has 58 heavy (non-hydrogen) atoms. The number of para-hydroxylation sites is 3. The second-order valence-electron chi connectivity index (χ2n) is 15.2. The first-order valence-electron chi connectivity index (χ1n) is 19.8. The van der Waals surface area contributed by atoms with Gasteiger partial charge in [0.15, 0.2) is 23.0 Å². The predicted octanol–water partition coefficient (Wildman–Crippen LogP) is 14.7. The molecule has 9 aromatic carbocycles. The topological polar surface area (TPSA) is 21.7 Å². The largest absolute Gasteiger partial charge is 0.453 e. The van der Waals surface area contributed by atoms with Gasteiger partial charge in [0.1, 0.15) is 5.69 Å². The highest BCUT2D eigenvalue weighted by Crippen LogP contribution is 2.61. The van der Waals surface area contributed by atoms with Crippen LogP contribution in [0.2, 0.25) is 0 Å². The van der Waals surface area contributed by atoms with Gasteiger partial charge in [-0.25, -0.2) is 0 Å². The van der Waals surface area contributed by atoms with Gasteiger partial charge in [0.25, 0.3) is 0 Å². The van der Waals surface area contributed by atoms with Crippen molar-refractivity contribution in [2.75, 3.05) is 4.90 Å². The summed E-state index contributed by atoms with van der Waals surface area (Å²) in [7, 11) is 0. The van der Waals surface area contributed by atoms with Crippen molar-refractivity contribution in [2.45, 2.75) is 5.41 Å². The monoisotopic (exact) mass is 741 g/mol. The van der Waals surface area contributed by atoms with Crippen LogP contribution in [0.25, 0.3) is 44.5 Å². The average molecular weight is 742 g/mol. The van der Waals surface area contributed by atoms with Gasteiger partial charge in [-0.15, -0.1) is 0 Å². The van der Waals surface area contributed by atoms with Gasteiger partial charge in [0.2, 0.25) is 0 Å². The molecule has 0 N–H and O–H groups in total. The van der Waals surface area contributed by atoms with Crippen molar-refractivity contribution in [1.29, 1.82) is 0 Å². The van der Waals surface area contributed by atoms with Crippen molar-refractivity contribution < 1.29 is 9.47 Å². The van der Waals surface area contributed by atoms with Crippen LogP contribution in [0.3, 0.4) is 0 Å². The summed E-state index contributed by atoms with van der Waals surface area (Å²) in [6.07, 6.45) is 0. The van der Waals surface area contributed by atoms with Crippen LogP contribution < -0.4 is 14.4 Å². The molecule has 2 heterocycles. The third kappa shape index (κ3) is 4.68. The fraction of sp³-hybridized carbons (Fsp3) is 0.0182. The first-order valence-corrected chi connectivity index (χ1v) is 19.8. The van der Waals surface area contributed by atoms with Crippen molar-refractivity contribution >= 4 is 17.1 Å². The Bertz CT molecular complexity index is 3020. The average Bonchev–Trinajstić information content (AvgIpc) is 3.61. The summed E-state index contributed by atoms with van der Waals surface area (Å²) in [5, 5.41) is 0. The summed E-state index contributed by atoms with van der Waals surface area (Å²) in [6.45, 7) is 0. The Labute approximate surface area is 337 Å². The maximum absolute atomic E-state index is 6.62. The molecule has 0 bridgehead atoms. The highest BCUT2D eigenvalue weighted by molar-refractivity contribution is 5.97. The second kappa shape index (κ2) is 12.7. The molecule has 2 aliphatic heterocycles. The van der Waals surface area contributed by atoms with Crippen LogP contribution in [0.1, 0.15) is 22.3 Å². The Hall–Kier alpha value is -7.62. The van der Waals surface area contributed by atoms with Crippen LogP contribution in [0, 0.1) is 0 Å². The van der Waals surface area contributed by atoms with Crippen LogP contribution >= 0.6 is 0 Å². The van der Waals surface area contributed by atoms with Crippen LogP contribution in [-0.2, 0) is 5.41 Å². The zero-order valence-corrected chi connectivity index (χ0v) is 31.5. The number of ether oxygens (including phenoxy) is 2. The molecular weight excluding hydrogens is 707 g/mol. The third-order valence-electron chi connectivity index (χ3n) is 12.2. The lowest BCUT2D eigenvalue weighted by atomic mass is 9.67. The molecule has 9 aromatic rings. The molecule has 0 unspecified atom stereocenters. The molecule has 3 aliphatic rings. The minimum Gasteiger partial charge on any atom is -0.453 e. The van der Waals surface area contributed by atoms with Crippen molar-refractivity contribution in [3.63, 3.8) is 0 Å². The van der Waals surface area contributed by atoms with E-state index in [1.165, 1.54) is 50.1 Å². The Kier molecular flexibility index (Phi) is 7.14. The summed E-state index contributed by atoms with van der Waals surface area (Å²) >= 11 is 0. The highest BCUT2D eigenvalue weighted by atomic mass is 16.5. The van der Waals surface area contributed by atoms with E-state index in [1.807, 2.05) is 36.4 Å². The smallest absolute Gasteiger partial charge is 0.155 e. The fourth-order valence-electron chi connectivity index (χ4n) is 9.72. The number of hydrogen-bond donors (Lipinski definition) is 0. The molecular formula is C55H35NO2. The molecule has 12 rings (SSSR count). The van der Waals surface area contributed by atoms with E-state index in [9.17, 15) is 0 Å². The summed E-state index contributed by atoms with van der Waals surface area (Å²) in [4.78, 5) is 2.26. The molecule has 272 valence electrons. The fourth-order valence-corrected chi connectivity index (χ4v) is 9.72. The molecule has 0 spiro atoms. The van der Waals surface area contributed by atoms with Crippen LogP contribution in [-0.4, -0.2) is 0 Å². The predicted molar refractivity (Wildman–Crippen MR) is 235 cm³/mol. The molecule has 0 atom stereocenters. The van der Waals surface area contributed by atoms with Gasteiger partial charge in [-0.3, -0.25) is 4.90 Å². The summed E-state index contributed by atoms with van der Waals surface area (Å²) < 4.78 is 12.9. The number of rotatable bonds is 5. The molecule has 0 amide bonds. The summed E-state index contributed by atoms with van der Waals surface area (Å²) in [6, 6.07) is 76.3. The van der Waals surface area contributed by atoms with E-state index in [1.54, 1.807) is 0 Å². The lowest BCUT2D eigenvalue weighted by molar-refractivity contribution is 0.446. The van der Waals surface area contributed by atoms with Gasteiger partial charge in [-0.05, 0) is 103 Å². The maximum Gasteiger partial charge on any atom is 0.155 e. The standard InChI is InChI=1S/C55H35NO2/c1-3-15-39(16-4-1)55(40-17-5-2-6-18-40)45-23-10-9-21-44(45)53-43(22-13-24-46(53)55)37-31-29-36(30-32-37)41-19-7-8-20-42(41)38-33-34-48-52(35-38)58-51-28-14-27-50-54(51)56(48)47-25-11-12-26-49(47)57-50/h1-35H. The van der Waals surface area contributed by atoms with Gasteiger partial charge in [-0.1, -0.05) is 176 Å². The van der Waals surface area contributed by atoms with Gasteiger partial charge in [0.05, 0.1) is 16.8 Å². The SMILES string of the molecule is c1ccc(C2(c3ccccc3)c3ccccc3-c3c(-c4ccc(-c5ccccc5-c5ccc6c(c5)Oc5cccc7c5N6c5ccccc5O7)cc4)cccc32)cc1. The molecule has 0 saturated carbocycles.